The van der Waals surface area contributed by atoms with E-state index in [2.05, 4.69) is 10.3 Å². The van der Waals surface area contributed by atoms with Crippen LogP contribution in [0, 0.1) is 11.6 Å². The monoisotopic (exact) mass is 355 g/mol. The molecule has 0 aliphatic rings. The van der Waals surface area contributed by atoms with Crippen LogP contribution in [0.5, 0.6) is 0 Å². The number of aromatic nitrogens is 1. The molecule has 128 valence electrons. The third-order valence-corrected chi connectivity index (χ3v) is 4.30. The lowest BCUT2D eigenvalue weighted by Gasteiger charge is -2.19. The number of carbonyl (C=O) groups is 1. The van der Waals surface area contributed by atoms with E-state index in [1.807, 2.05) is 0 Å². The molecular formula is C15H15F2N3O3S. The molecule has 0 fully saturated rings. The van der Waals surface area contributed by atoms with E-state index in [0.29, 0.717) is 11.6 Å². The average molecular weight is 355 g/mol. The summed E-state index contributed by atoms with van der Waals surface area (Å²) in [4.78, 5) is 15.8. The van der Waals surface area contributed by atoms with E-state index in [1.54, 1.807) is 12.1 Å². The molecule has 24 heavy (non-hydrogen) atoms. The highest BCUT2D eigenvalue weighted by Crippen LogP contribution is 2.15. The molecule has 0 spiro atoms. The summed E-state index contributed by atoms with van der Waals surface area (Å²) in [6, 6.07) is 5.92. The Labute approximate surface area is 138 Å². The summed E-state index contributed by atoms with van der Waals surface area (Å²) in [6.07, 6.45) is 3.98. The van der Waals surface area contributed by atoms with Gasteiger partial charge in [-0.2, -0.15) is 4.31 Å². The molecule has 2 aromatic rings. The summed E-state index contributed by atoms with van der Waals surface area (Å²) < 4.78 is 51.0. The Morgan fingerprint density at radius 1 is 1.21 bits per heavy atom. The summed E-state index contributed by atoms with van der Waals surface area (Å²) in [5.41, 5.74) is 0.426. The zero-order chi connectivity index (χ0) is 17.7. The van der Waals surface area contributed by atoms with Crippen molar-refractivity contribution in [2.24, 2.45) is 0 Å². The van der Waals surface area contributed by atoms with Crippen molar-refractivity contribution in [3.63, 3.8) is 0 Å². The molecule has 6 nitrogen and oxygen atoms in total. The number of nitrogens with one attached hydrogen (secondary N) is 1. The van der Waals surface area contributed by atoms with Crippen molar-refractivity contribution in [3.8, 4) is 0 Å². The molecule has 0 saturated carbocycles. The van der Waals surface area contributed by atoms with Gasteiger partial charge in [-0.15, -0.1) is 0 Å². The zero-order valence-corrected chi connectivity index (χ0v) is 13.6. The minimum atomic E-state index is -3.67. The molecule has 0 radical (unpaired) electrons. The van der Waals surface area contributed by atoms with E-state index in [4.69, 9.17) is 0 Å². The Bertz CT molecular complexity index is 829. The van der Waals surface area contributed by atoms with Crippen molar-refractivity contribution in [3.05, 3.63) is 59.9 Å². The van der Waals surface area contributed by atoms with E-state index >= 15 is 0 Å². The minimum Gasteiger partial charge on any atom is -0.322 e. The summed E-state index contributed by atoms with van der Waals surface area (Å²) >= 11 is 0. The maximum absolute atomic E-state index is 13.5. The Kier molecular flexibility index (Phi) is 5.58. The second kappa shape index (κ2) is 7.45. The lowest BCUT2D eigenvalue weighted by Crippen LogP contribution is -2.37. The topological polar surface area (TPSA) is 79.4 Å². The van der Waals surface area contributed by atoms with Crippen molar-refractivity contribution in [2.45, 2.75) is 6.54 Å². The van der Waals surface area contributed by atoms with E-state index in [0.717, 1.165) is 22.7 Å². The first-order valence-electron chi connectivity index (χ1n) is 6.84. The minimum absolute atomic E-state index is 0.0271. The van der Waals surface area contributed by atoms with Gasteiger partial charge in [0.2, 0.25) is 15.9 Å². The fraction of sp³-hybridized carbons (Fsp3) is 0.200. The Hall–Kier alpha value is -2.39. The average Bonchev–Trinajstić information content (AvgIpc) is 2.49. The predicted octanol–water partition coefficient (Wildman–Crippen LogP) is 1.76. The number of anilines is 1. The van der Waals surface area contributed by atoms with Gasteiger partial charge in [0.15, 0.2) is 0 Å². The Balaban J connectivity index is 2.10. The first-order chi connectivity index (χ1) is 11.3. The lowest BCUT2D eigenvalue weighted by atomic mass is 10.2. The molecule has 1 N–H and O–H groups in total. The number of hydrogen-bond acceptors (Lipinski definition) is 4. The van der Waals surface area contributed by atoms with Crippen molar-refractivity contribution >= 4 is 21.6 Å². The second-order valence-corrected chi connectivity index (χ2v) is 7.04. The molecule has 0 saturated heterocycles. The number of amides is 1. The maximum atomic E-state index is 13.5. The van der Waals surface area contributed by atoms with Crippen LogP contribution in [0.1, 0.15) is 5.56 Å². The third-order valence-electron chi connectivity index (χ3n) is 3.10. The van der Waals surface area contributed by atoms with Gasteiger partial charge in [0, 0.05) is 25.0 Å². The van der Waals surface area contributed by atoms with Gasteiger partial charge in [-0.3, -0.25) is 9.78 Å². The first-order valence-corrected chi connectivity index (χ1v) is 8.69. The molecule has 0 unspecified atom stereocenters. The van der Waals surface area contributed by atoms with Crippen LogP contribution in [0.15, 0.2) is 42.7 Å². The second-order valence-electron chi connectivity index (χ2n) is 5.06. The Morgan fingerprint density at radius 3 is 2.46 bits per heavy atom. The molecule has 0 atom stereocenters. The molecule has 0 aliphatic carbocycles. The molecule has 1 amide bonds. The summed E-state index contributed by atoms with van der Waals surface area (Å²) in [5, 5.41) is 2.23. The normalized spacial score (nSPS) is 11.5. The molecule has 2 rings (SSSR count). The van der Waals surface area contributed by atoms with Crippen LogP contribution in [0.2, 0.25) is 0 Å². The Morgan fingerprint density at radius 2 is 1.88 bits per heavy atom. The van der Waals surface area contributed by atoms with Gasteiger partial charge in [-0.25, -0.2) is 17.2 Å². The molecule has 1 aromatic heterocycles. The SMILES string of the molecule is CS(=O)(=O)N(CC(=O)Nc1ccc(F)cc1F)Cc1ccncc1. The number of pyridine rings is 1. The van der Waals surface area contributed by atoms with Crippen molar-refractivity contribution in [1.82, 2.24) is 9.29 Å². The van der Waals surface area contributed by atoms with Crippen LogP contribution < -0.4 is 5.32 Å². The van der Waals surface area contributed by atoms with Gasteiger partial charge in [0.05, 0.1) is 18.5 Å². The van der Waals surface area contributed by atoms with Crippen molar-refractivity contribution in [2.75, 3.05) is 18.1 Å². The predicted molar refractivity (Wildman–Crippen MR) is 84.5 cm³/mol. The number of carbonyl (C=O) groups excluding carboxylic acids is 1. The fourth-order valence-corrected chi connectivity index (χ4v) is 2.66. The highest BCUT2D eigenvalue weighted by Gasteiger charge is 2.21. The van der Waals surface area contributed by atoms with Crippen LogP contribution in [0.4, 0.5) is 14.5 Å². The number of halogens is 2. The summed E-state index contributed by atoms with van der Waals surface area (Å²) in [5.74, 6) is -2.45. The van der Waals surface area contributed by atoms with E-state index in [1.165, 1.54) is 12.4 Å². The van der Waals surface area contributed by atoms with Crippen LogP contribution in [0.25, 0.3) is 0 Å². The van der Waals surface area contributed by atoms with Gasteiger partial charge in [-0.05, 0) is 29.8 Å². The smallest absolute Gasteiger partial charge is 0.239 e. The standard InChI is InChI=1S/C15H15F2N3O3S/c1-24(22,23)20(9-11-4-6-18-7-5-11)10-15(21)19-14-3-2-12(16)8-13(14)17/h2-8H,9-10H2,1H3,(H,19,21). The van der Waals surface area contributed by atoms with Crippen LogP contribution in [-0.2, 0) is 21.4 Å². The fourth-order valence-electron chi connectivity index (χ4n) is 1.92. The van der Waals surface area contributed by atoms with Crippen molar-refractivity contribution < 1.29 is 22.0 Å². The third kappa shape index (κ3) is 5.07. The zero-order valence-electron chi connectivity index (χ0n) is 12.7. The van der Waals surface area contributed by atoms with E-state index < -0.39 is 34.1 Å². The van der Waals surface area contributed by atoms with Gasteiger partial charge in [0.25, 0.3) is 0 Å². The summed E-state index contributed by atoms with van der Waals surface area (Å²) in [6.45, 7) is -0.529. The largest absolute Gasteiger partial charge is 0.322 e. The highest BCUT2D eigenvalue weighted by molar-refractivity contribution is 7.88. The number of sulfonamides is 1. The van der Waals surface area contributed by atoms with Crippen molar-refractivity contribution in [1.29, 1.82) is 0 Å². The van der Waals surface area contributed by atoms with Gasteiger partial charge in [-0.1, -0.05) is 0 Å². The molecule has 0 bridgehead atoms. The van der Waals surface area contributed by atoms with Gasteiger partial charge >= 0.3 is 0 Å². The molecule has 1 aromatic carbocycles. The van der Waals surface area contributed by atoms with Gasteiger partial charge in [0.1, 0.15) is 11.6 Å². The van der Waals surface area contributed by atoms with Crippen LogP contribution in [-0.4, -0.2) is 36.4 Å². The lowest BCUT2D eigenvalue weighted by molar-refractivity contribution is -0.116. The highest BCUT2D eigenvalue weighted by atomic mass is 32.2. The number of benzene rings is 1. The first kappa shape index (κ1) is 18.0. The summed E-state index contributed by atoms with van der Waals surface area (Å²) in [7, 11) is -3.67. The molecular weight excluding hydrogens is 340 g/mol. The van der Waals surface area contributed by atoms with Crippen LogP contribution >= 0.6 is 0 Å². The molecule has 0 aliphatic heterocycles. The van der Waals surface area contributed by atoms with E-state index in [-0.39, 0.29) is 12.2 Å². The van der Waals surface area contributed by atoms with Crippen LogP contribution in [0.3, 0.4) is 0 Å². The molecule has 9 heteroatoms. The molecule has 1 heterocycles. The van der Waals surface area contributed by atoms with E-state index in [9.17, 15) is 22.0 Å². The number of nitrogens with zero attached hydrogens (tertiary/aromatic N) is 2. The number of rotatable bonds is 6. The van der Waals surface area contributed by atoms with Gasteiger partial charge < -0.3 is 5.32 Å². The maximum Gasteiger partial charge on any atom is 0.239 e. The quantitative estimate of drug-likeness (QED) is 0.856. The number of hydrogen-bond donors (Lipinski definition) is 1.